The van der Waals surface area contributed by atoms with Gasteiger partial charge in [-0.25, -0.2) is 0 Å². The SMILES string of the molecule is C/C=C(\CCC)C1CCCSC1. The van der Waals surface area contributed by atoms with Crippen LogP contribution in [0.5, 0.6) is 0 Å². The minimum absolute atomic E-state index is 0.911. The van der Waals surface area contributed by atoms with Gasteiger partial charge in [0.25, 0.3) is 0 Å². The van der Waals surface area contributed by atoms with E-state index in [4.69, 9.17) is 0 Å². The van der Waals surface area contributed by atoms with Gasteiger partial charge in [0, 0.05) is 0 Å². The normalized spacial score (nSPS) is 25.8. The van der Waals surface area contributed by atoms with Crippen molar-refractivity contribution in [1.29, 1.82) is 0 Å². The molecule has 1 fully saturated rings. The molecule has 0 saturated carbocycles. The lowest BCUT2D eigenvalue weighted by Gasteiger charge is -2.23. The Morgan fingerprint density at radius 1 is 1.58 bits per heavy atom. The van der Waals surface area contributed by atoms with E-state index in [2.05, 4.69) is 31.7 Å². The molecule has 1 atom stereocenters. The lowest BCUT2D eigenvalue weighted by molar-refractivity contribution is 0.572. The second kappa shape index (κ2) is 5.69. The monoisotopic (exact) mass is 184 g/mol. The van der Waals surface area contributed by atoms with Gasteiger partial charge >= 0.3 is 0 Å². The van der Waals surface area contributed by atoms with Crippen molar-refractivity contribution in [3.63, 3.8) is 0 Å². The Hall–Kier alpha value is 0.0900. The van der Waals surface area contributed by atoms with Gasteiger partial charge in [0.2, 0.25) is 0 Å². The minimum atomic E-state index is 0.911. The summed E-state index contributed by atoms with van der Waals surface area (Å²) in [5.41, 5.74) is 1.71. The molecule has 1 heterocycles. The Kier molecular flexibility index (Phi) is 4.82. The average Bonchev–Trinajstić information content (AvgIpc) is 2.15. The molecule has 0 aromatic heterocycles. The van der Waals surface area contributed by atoms with Crippen molar-refractivity contribution >= 4 is 11.8 Å². The van der Waals surface area contributed by atoms with Crippen molar-refractivity contribution in [3.05, 3.63) is 11.6 Å². The van der Waals surface area contributed by atoms with Crippen LogP contribution in [0, 0.1) is 5.92 Å². The van der Waals surface area contributed by atoms with Gasteiger partial charge < -0.3 is 0 Å². The second-order valence-corrected chi connectivity index (χ2v) is 4.68. The van der Waals surface area contributed by atoms with Gasteiger partial charge in [-0.3, -0.25) is 0 Å². The van der Waals surface area contributed by atoms with Crippen molar-refractivity contribution in [2.45, 2.75) is 39.5 Å². The molecule has 70 valence electrons. The Morgan fingerprint density at radius 3 is 2.92 bits per heavy atom. The number of thioether (sulfide) groups is 1. The zero-order chi connectivity index (χ0) is 8.81. The molecule has 1 aliphatic rings. The molecule has 0 spiro atoms. The first-order chi connectivity index (χ1) is 5.88. The fourth-order valence-corrected chi connectivity index (χ4v) is 3.11. The van der Waals surface area contributed by atoms with E-state index in [0.717, 1.165) is 5.92 Å². The van der Waals surface area contributed by atoms with Crippen LogP contribution in [-0.2, 0) is 0 Å². The minimum Gasteiger partial charge on any atom is -0.161 e. The highest BCUT2D eigenvalue weighted by atomic mass is 32.2. The van der Waals surface area contributed by atoms with Crippen molar-refractivity contribution in [3.8, 4) is 0 Å². The lowest BCUT2D eigenvalue weighted by atomic mass is 9.92. The Labute approximate surface area is 80.8 Å². The lowest BCUT2D eigenvalue weighted by Crippen LogP contribution is -2.12. The molecular weight excluding hydrogens is 164 g/mol. The van der Waals surface area contributed by atoms with E-state index in [9.17, 15) is 0 Å². The largest absolute Gasteiger partial charge is 0.161 e. The average molecular weight is 184 g/mol. The zero-order valence-electron chi connectivity index (χ0n) is 8.31. The summed E-state index contributed by atoms with van der Waals surface area (Å²) in [6.45, 7) is 4.48. The molecule has 1 rings (SSSR count). The first-order valence-corrected chi connectivity index (χ1v) is 6.26. The molecule has 0 aromatic carbocycles. The third kappa shape index (κ3) is 2.85. The van der Waals surface area contributed by atoms with E-state index in [0.29, 0.717) is 0 Å². The summed E-state index contributed by atoms with van der Waals surface area (Å²) >= 11 is 2.13. The predicted octanol–water partition coefficient (Wildman–Crippen LogP) is 3.88. The summed E-state index contributed by atoms with van der Waals surface area (Å²) in [6, 6.07) is 0. The van der Waals surface area contributed by atoms with Crippen molar-refractivity contribution < 1.29 is 0 Å². The molecule has 1 unspecified atom stereocenters. The molecule has 1 aliphatic heterocycles. The molecule has 0 aromatic rings. The van der Waals surface area contributed by atoms with Gasteiger partial charge in [-0.15, -0.1) is 0 Å². The summed E-state index contributed by atoms with van der Waals surface area (Å²) in [7, 11) is 0. The van der Waals surface area contributed by atoms with E-state index in [1.165, 1.54) is 37.2 Å². The molecule has 12 heavy (non-hydrogen) atoms. The van der Waals surface area contributed by atoms with Crippen LogP contribution < -0.4 is 0 Å². The number of hydrogen-bond acceptors (Lipinski definition) is 1. The van der Waals surface area contributed by atoms with Gasteiger partial charge in [-0.2, -0.15) is 11.8 Å². The highest BCUT2D eigenvalue weighted by Crippen LogP contribution is 2.30. The third-order valence-electron chi connectivity index (χ3n) is 2.59. The number of hydrogen-bond donors (Lipinski definition) is 0. The van der Waals surface area contributed by atoms with E-state index in [-0.39, 0.29) is 0 Å². The smallest absolute Gasteiger partial charge is 0.000178 e. The van der Waals surface area contributed by atoms with Crippen LogP contribution in [-0.4, -0.2) is 11.5 Å². The maximum absolute atomic E-state index is 2.35. The Balaban J connectivity index is 2.41. The molecule has 0 nitrogen and oxygen atoms in total. The summed E-state index contributed by atoms with van der Waals surface area (Å²) in [5.74, 6) is 3.67. The van der Waals surface area contributed by atoms with Crippen LogP contribution in [0.4, 0.5) is 0 Å². The first kappa shape index (κ1) is 10.2. The maximum Gasteiger partial charge on any atom is -0.000178 e. The molecular formula is C11H20S. The summed E-state index contributed by atoms with van der Waals surface area (Å²) in [6.07, 6.45) is 7.84. The van der Waals surface area contributed by atoms with Crippen LogP contribution in [0.2, 0.25) is 0 Å². The fraction of sp³-hybridized carbons (Fsp3) is 0.818. The molecule has 0 amide bonds. The van der Waals surface area contributed by atoms with Crippen LogP contribution in [0.15, 0.2) is 11.6 Å². The standard InChI is InChI=1S/C11H20S/c1-3-6-10(4-2)11-7-5-8-12-9-11/h4,11H,3,5-9H2,1-2H3/b10-4+. The summed E-state index contributed by atoms with van der Waals surface area (Å²) in [4.78, 5) is 0. The molecule has 0 radical (unpaired) electrons. The summed E-state index contributed by atoms with van der Waals surface area (Å²) < 4.78 is 0. The van der Waals surface area contributed by atoms with Crippen molar-refractivity contribution in [2.75, 3.05) is 11.5 Å². The van der Waals surface area contributed by atoms with Gasteiger partial charge in [0.15, 0.2) is 0 Å². The highest BCUT2D eigenvalue weighted by Gasteiger charge is 2.16. The molecule has 0 bridgehead atoms. The Bertz CT molecular complexity index is 143. The van der Waals surface area contributed by atoms with Crippen LogP contribution >= 0.6 is 11.8 Å². The molecule has 0 aliphatic carbocycles. The van der Waals surface area contributed by atoms with Crippen molar-refractivity contribution in [1.82, 2.24) is 0 Å². The van der Waals surface area contributed by atoms with Crippen molar-refractivity contribution in [2.24, 2.45) is 5.92 Å². The fourth-order valence-electron chi connectivity index (χ4n) is 1.91. The molecule has 1 heteroatoms. The van der Waals surface area contributed by atoms with Gasteiger partial charge in [-0.1, -0.05) is 25.0 Å². The predicted molar refractivity (Wildman–Crippen MR) is 58.7 cm³/mol. The zero-order valence-corrected chi connectivity index (χ0v) is 9.12. The van der Waals surface area contributed by atoms with E-state index in [1.807, 2.05) is 0 Å². The van der Waals surface area contributed by atoms with Gasteiger partial charge in [-0.05, 0) is 43.6 Å². The van der Waals surface area contributed by atoms with Crippen LogP contribution in [0.1, 0.15) is 39.5 Å². The van der Waals surface area contributed by atoms with Gasteiger partial charge in [0.1, 0.15) is 0 Å². The van der Waals surface area contributed by atoms with E-state index < -0.39 is 0 Å². The van der Waals surface area contributed by atoms with Crippen LogP contribution in [0.25, 0.3) is 0 Å². The first-order valence-electron chi connectivity index (χ1n) is 5.11. The van der Waals surface area contributed by atoms with E-state index in [1.54, 1.807) is 5.57 Å². The highest BCUT2D eigenvalue weighted by molar-refractivity contribution is 7.99. The van der Waals surface area contributed by atoms with Crippen LogP contribution in [0.3, 0.4) is 0 Å². The topological polar surface area (TPSA) is 0 Å². The molecule has 0 N–H and O–H groups in total. The maximum atomic E-state index is 2.35. The third-order valence-corrected chi connectivity index (χ3v) is 3.81. The van der Waals surface area contributed by atoms with E-state index >= 15 is 0 Å². The number of rotatable bonds is 3. The Morgan fingerprint density at radius 2 is 2.42 bits per heavy atom. The summed E-state index contributed by atoms with van der Waals surface area (Å²) in [5, 5.41) is 0. The number of allylic oxidation sites excluding steroid dienone is 2. The second-order valence-electron chi connectivity index (χ2n) is 3.53. The quantitative estimate of drug-likeness (QED) is 0.600. The van der Waals surface area contributed by atoms with Gasteiger partial charge in [0.05, 0.1) is 0 Å². The molecule has 1 saturated heterocycles.